The van der Waals surface area contributed by atoms with Gasteiger partial charge in [-0.25, -0.2) is 18.4 Å². The van der Waals surface area contributed by atoms with Crippen molar-refractivity contribution in [1.82, 2.24) is 14.5 Å². The molecule has 0 saturated carbocycles. The maximum absolute atomic E-state index is 12.0. The maximum atomic E-state index is 12.0. The predicted molar refractivity (Wildman–Crippen MR) is 89.4 cm³/mol. The summed E-state index contributed by atoms with van der Waals surface area (Å²) in [6.07, 6.45) is 4.43. The molecule has 23 heavy (non-hydrogen) atoms. The summed E-state index contributed by atoms with van der Waals surface area (Å²) in [7, 11) is -3.14. The van der Waals surface area contributed by atoms with Crippen LogP contribution in [0.15, 0.2) is 42.7 Å². The largest absolute Gasteiger partial charge is 0.301 e. The summed E-state index contributed by atoms with van der Waals surface area (Å²) in [5, 5.41) is 0.974. The minimum absolute atomic E-state index is 0.229. The Morgan fingerprint density at radius 3 is 2.52 bits per heavy atom. The standard InChI is InChI=1S/C16H16N4O2S/c1-12-17-11-13-7-9-19(16(13)18-12)14-3-5-15(6-4-14)20-8-2-10-23(20,21)22/h3-7,9,11H,2,8,10H2,1H3. The van der Waals surface area contributed by atoms with E-state index in [0.717, 1.165) is 22.5 Å². The predicted octanol–water partition coefficient (Wildman–Crippen LogP) is 2.27. The molecule has 3 aromatic rings. The van der Waals surface area contributed by atoms with Crippen LogP contribution in [-0.2, 0) is 10.0 Å². The van der Waals surface area contributed by atoms with Crippen LogP contribution in [-0.4, -0.2) is 35.3 Å². The second-order valence-electron chi connectivity index (χ2n) is 5.64. The highest BCUT2D eigenvalue weighted by Gasteiger charge is 2.28. The van der Waals surface area contributed by atoms with Crippen molar-refractivity contribution >= 4 is 26.7 Å². The Hall–Kier alpha value is -2.41. The van der Waals surface area contributed by atoms with Crippen molar-refractivity contribution in [2.24, 2.45) is 0 Å². The van der Waals surface area contributed by atoms with Gasteiger partial charge in [0.05, 0.1) is 11.4 Å². The Balaban J connectivity index is 1.74. The molecule has 1 aromatic carbocycles. The molecule has 1 aliphatic rings. The lowest BCUT2D eigenvalue weighted by atomic mass is 10.2. The topological polar surface area (TPSA) is 68.1 Å². The fourth-order valence-corrected chi connectivity index (χ4v) is 4.49. The zero-order valence-electron chi connectivity index (χ0n) is 12.7. The Morgan fingerprint density at radius 2 is 1.83 bits per heavy atom. The molecule has 118 valence electrons. The molecule has 7 heteroatoms. The fraction of sp³-hybridized carbons (Fsp3) is 0.250. The van der Waals surface area contributed by atoms with Gasteiger partial charge in [-0.1, -0.05) is 0 Å². The smallest absolute Gasteiger partial charge is 0.235 e. The SMILES string of the molecule is Cc1ncc2ccn(-c3ccc(N4CCCS4(=O)=O)cc3)c2n1. The molecule has 2 aromatic heterocycles. The van der Waals surface area contributed by atoms with Gasteiger partial charge in [-0.05, 0) is 43.7 Å². The molecule has 6 nitrogen and oxygen atoms in total. The quantitative estimate of drug-likeness (QED) is 0.724. The number of benzene rings is 1. The lowest BCUT2D eigenvalue weighted by Crippen LogP contribution is -2.24. The van der Waals surface area contributed by atoms with Gasteiger partial charge in [-0.3, -0.25) is 4.31 Å². The minimum Gasteiger partial charge on any atom is -0.301 e. The monoisotopic (exact) mass is 328 g/mol. The molecule has 0 atom stereocenters. The summed E-state index contributed by atoms with van der Waals surface area (Å²) in [6, 6.07) is 9.49. The first-order chi connectivity index (χ1) is 11.0. The van der Waals surface area contributed by atoms with E-state index in [1.165, 1.54) is 4.31 Å². The highest BCUT2D eigenvalue weighted by Crippen LogP contribution is 2.26. The number of fused-ring (bicyclic) bond motifs is 1. The Kier molecular flexibility index (Phi) is 3.12. The number of sulfonamides is 1. The Morgan fingerprint density at radius 1 is 1.09 bits per heavy atom. The van der Waals surface area contributed by atoms with Gasteiger partial charge >= 0.3 is 0 Å². The zero-order valence-corrected chi connectivity index (χ0v) is 13.5. The third-order valence-electron chi connectivity index (χ3n) is 4.06. The molecule has 0 N–H and O–H groups in total. The molecule has 0 spiro atoms. The van der Waals surface area contributed by atoms with Crippen LogP contribution in [0.3, 0.4) is 0 Å². The first-order valence-electron chi connectivity index (χ1n) is 7.46. The summed E-state index contributed by atoms with van der Waals surface area (Å²) >= 11 is 0. The fourth-order valence-electron chi connectivity index (χ4n) is 2.92. The van der Waals surface area contributed by atoms with Crippen molar-refractivity contribution in [2.75, 3.05) is 16.6 Å². The highest BCUT2D eigenvalue weighted by molar-refractivity contribution is 7.93. The number of rotatable bonds is 2. The number of aryl methyl sites for hydroxylation is 1. The molecule has 0 radical (unpaired) electrons. The summed E-state index contributed by atoms with van der Waals surface area (Å²) in [4.78, 5) is 8.68. The number of nitrogens with zero attached hydrogens (tertiary/aromatic N) is 4. The molecule has 4 rings (SSSR count). The van der Waals surface area contributed by atoms with E-state index in [1.54, 1.807) is 6.20 Å². The van der Waals surface area contributed by atoms with Crippen molar-refractivity contribution in [1.29, 1.82) is 0 Å². The van der Waals surface area contributed by atoms with Crippen LogP contribution in [0.2, 0.25) is 0 Å². The molecule has 3 heterocycles. The average molecular weight is 328 g/mol. The van der Waals surface area contributed by atoms with Crippen LogP contribution < -0.4 is 4.31 Å². The van der Waals surface area contributed by atoms with Gasteiger partial charge in [-0.15, -0.1) is 0 Å². The van der Waals surface area contributed by atoms with Crippen molar-refractivity contribution in [3.8, 4) is 5.69 Å². The van der Waals surface area contributed by atoms with E-state index in [2.05, 4.69) is 9.97 Å². The van der Waals surface area contributed by atoms with Crippen molar-refractivity contribution in [3.05, 3.63) is 48.5 Å². The number of aromatic nitrogens is 3. The number of hydrogen-bond acceptors (Lipinski definition) is 4. The van der Waals surface area contributed by atoms with Gasteiger partial charge in [0.2, 0.25) is 10.0 Å². The van der Waals surface area contributed by atoms with Gasteiger partial charge in [0, 0.05) is 30.0 Å². The molecular weight excluding hydrogens is 312 g/mol. The van der Waals surface area contributed by atoms with E-state index < -0.39 is 10.0 Å². The molecular formula is C16H16N4O2S. The molecule has 0 bridgehead atoms. The van der Waals surface area contributed by atoms with E-state index in [1.807, 2.05) is 48.0 Å². The third-order valence-corrected chi connectivity index (χ3v) is 5.93. The first kappa shape index (κ1) is 14.2. The second-order valence-corrected chi connectivity index (χ2v) is 7.65. The first-order valence-corrected chi connectivity index (χ1v) is 9.07. The number of anilines is 1. The van der Waals surface area contributed by atoms with Crippen LogP contribution in [0.5, 0.6) is 0 Å². The van der Waals surface area contributed by atoms with Gasteiger partial charge in [-0.2, -0.15) is 0 Å². The highest BCUT2D eigenvalue weighted by atomic mass is 32.2. The van der Waals surface area contributed by atoms with Crippen LogP contribution in [0.4, 0.5) is 5.69 Å². The van der Waals surface area contributed by atoms with E-state index in [4.69, 9.17) is 0 Å². The average Bonchev–Trinajstić information content (AvgIpc) is 3.10. The van der Waals surface area contributed by atoms with Crippen LogP contribution in [0, 0.1) is 6.92 Å². The molecule has 0 unspecified atom stereocenters. The maximum Gasteiger partial charge on any atom is 0.235 e. The minimum atomic E-state index is -3.14. The molecule has 1 saturated heterocycles. The van der Waals surface area contributed by atoms with Crippen molar-refractivity contribution in [3.63, 3.8) is 0 Å². The van der Waals surface area contributed by atoms with E-state index in [9.17, 15) is 8.42 Å². The Labute approximate surface area is 134 Å². The van der Waals surface area contributed by atoms with Crippen molar-refractivity contribution < 1.29 is 8.42 Å². The number of hydrogen-bond donors (Lipinski definition) is 0. The Bertz CT molecular complexity index is 977. The molecule has 0 amide bonds. The molecule has 1 aliphatic heterocycles. The summed E-state index contributed by atoms with van der Waals surface area (Å²) in [6.45, 7) is 2.42. The van der Waals surface area contributed by atoms with Crippen LogP contribution >= 0.6 is 0 Å². The van der Waals surface area contributed by atoms with Gasteiger partial charge in [0.25, 0.3) is 0 Å². The third kappa shape index (κ3) is 2.37. The van der Waals surface area contributed by atoms with Crippen LogP contribution in [0.1, 0.15) is 12.2 Å². The normalized spacial score (nSPS) is 17.0. The molecule has 1 fully saturated rings. The zero-order chi connectivity index (χ0) is 16.0. The molecule has 0 aliphatic carbocycles. The second kappa shape index (κ2) is 5.06. The summed E-state index contributed by atoms with van der Waals surface area (Å²) < 4.78 is 27.4. The lowest BCUT2D eigenvalue weighted by Gasteiger charge is -2.17. The van der Waals surface area contributed by atoms with Gasteiger partial charge < -0.3 is 4.57 Å². The van der Waals surface area contributed by atoms with E-state index in [-0.39, 0.29) is 5.75 Å². The lowest BCUT2D eigenvalue weighted by molar-refractivity contribution is 0.599. The van der Waals surface area contributed by atoms with E-state index >= 15 is 0 Å². The van der Waals surface area contributed by atoms with E-state index in [0.29, 0.717) is 18.7 Å². The summed E-state index contributed by atoms with van der Waals surface area (Å²) in [5.74, 6) is 0.949. The summed E-state index contributed by atoms with van der Waals surface area (Å²) in [5.41, 5.74) is 2.51. The van der Waals surface area contributed by atoms with Gasteiger partial charge in [0.1, 0.15) is 11.5 Å². The van der Waals surface area contributed by atoms with Gasteiger partial charge in [0.15, 0.2) is 0 Å². The van der Waals surface area contributed by atoms with Crippen LogP contribution in [0.25, 0.3) is 16.7 Å². The van der Waals surface area contributed by atoms with Crippen molar-refractivity contribution in [2.45, 2.75) is 13.3 Å².